The molecule has 3 nitrogen and oxygen atoms in total. The first-order chi connectivity index (χ1) is 6.59. The first-order valence-electron chi connectivity index (χ1n) is 4.36. The Morgan fingerprint density at radius 3 is 2.86 bits per heavy atom. The molecule has 0 saturated carbocycles. The Balaban J connectivity index is 2.02. The Morgan fingerprint density at radius 1 is 1.71 bits per heavy atom. The van der Waals surface area contributed by atoms with Gasteiger partial charge in [-0.2, -0.15) is 0 Å². The first-order valence-corrected chi connectivity index (χ1v) is 6.32. The van der Waals surface area contributed by atoms with Gasteiger partial charge in [-0.15, -0.1) is 11.3 Å². The largest absolute Gasteiger partial charge is 0.344 e. The highest BCUT2D eigenvalue weighted by molar-refractivity contribution is 14.1. The van der Waals surface area contributed by atoms with E-state index in [2.05, 4.69) is 40.1 Å². The summed E-state index contributed by atoms with van der Waals surface area (Å²) >= 11 is 3.82. The molecule has 0 bridgehead atoms. The number of carbonyl (C=O) groups excluding carboxylic acids is 1. The third-order valence-electron chi connectivity index (χ3n) is 2.28. The van der Waals surface area contributed by atoms with Crippen molar-refractivity contribution < 1.29 is 4.79 Å². The van der Waals surface area contributed by atoms with E-state index in [1.165, 1.54) is 0 Å². The SMILES string of the molecule is CC1(NC(=O)c2csc(I)c2)CNC1. The van der Waals surface area contributed by atoms with Gasteiger partial charge in [0.1, 0.15) is 0 Å². The van der Waals surface area contributed by atoms with Crippen molar-refractivity contribution in [1.29, 1.82) is 0 Å². The molecule has 5 heteroatoms. The molecular formula is C9H11IN2OS. The molecule has 0 radical (unpaired) electrons. The second-order valence-corrected chi connectivity index (χ2v) is 6.56. The van der Waals surface area contributed by atoms with Crippen LogP contribution in [0.25, 0.3) is 0 Å². The van der Waals surface area contributed by atoms with Crippen LogP contribution in [-0.2, 0) is 0 Å². The third-order valence-corrected chi connectivity index (χ3v) is 4.06. The summed E-state index contributed by atoms with van der Waals surface area (Å²) in [6, 6.07) is 1.91. The van der Waals surface area contributed by atoms with Crippen LogP contribution in [-0.4, -0.2) is 24.5 Å². The minimum Gasteiger partial charge on any atom is -0.344 e. The molecule has 0 spiro atoms. The average molecular weight is 322 g/mol. The van der Waals surface area contributed by atoms with Crippen LogP contribution in [0.3, 0.4) is 0 Å². The molecule has 0 aromatic carbocycles. The number of nitrogens with one attached hydrogen (secondary N) is 2. The van der Waals surface area contributed by atoms with Crippen molar-refractivity contribution in [2.45, 2.75) is 12.5 Å². The van der Waals surface area contributed by atoms with Crippen molar-refractivity contribution in [2.75, 3.05) is 13.1 Å². The van der Waals surface area contributed by atoms with Crippen LogP contribution in [0, 0.1) is 2.88 Å². The number of amides is 1. The number of hydrogen-bond donors (Lipinski definition) is 2. The molecule has 1 fully saturated rings. The van der Waals surface area contributed by atoms with E-state index >= 15 is 0 Å². The minimum absolute atomic E-state index is 0.0353. The Bertz CT molecular complexity index is 359. The van der Waals surface area contributed by atoms with Crippen molar-refractivity contribution in [3.8, 4) is 0 Å². The van der Waals surface area contributed by atoms with Gasteiger partial charge in [0.2, 0.25) is 0 Å². The number of carbonyl (C=O) groups is 1. The standard InChI is InChI=1S/C9H11IN2OS/c1-9(4-11-5-9)12-8(13)6-2-7(10)14-3-6/h2-3,11H,4-5H2,1H3,(H,12,13). The van der Waals surface area contributed by atoms with Gasteiger partial charge in [0.15, 0.2) is 0 Å². The zero-order chi connectivity index (χ0) is 10.2. The average Bonchev–Trinajstić information content (AvgIpc) is 2.49. The third kappa shape index (κ3) is 2.09. The summed E-state index contributed by atoms with van der Waals surface area (Å²) in [5, 5.41) is 8.07. The van der Waals surface area contributed by atoms with E-state index in [0.29, 0.717) is 0 Å². The van der Waals surface area contributed by atoms with Crippen LogP contribution in [0.5, 0.6) is 0 Å². The van der Waals surface area contributed by atoms with E-state index in [0.717, 1.165) is 21.5 Å². The van der Waals surface area contributed by atoms with E-state index in [1.54, 1.807) is 11.3 Å². The van der Waals surface area contributed by atoms with Gasteiger partial charge in [-0.05, 0) is 35.6 Å². The molecule has 1 aromatic rings. The van der Waals surface area contributed by atoms with Crippen LogP contribution >= 0.6 is 33.9 Å². The fraction of sp³-hybridized carbons (Fsp3) is 0.444. The van der Waals surface area contributed by atoms with E-state index in [9.17, 15) is 4.79 Å². The van der Waals surface area contributed by atoms with Crippen LogP contribution < -0.4 is 10.6 Å². The van der Waals surface area contributed by atoms with Crippen molar-refractivity contribution in [3.63, 3.8) is 0 Å². The van der Waals surface area contributed by atoms with Gasteiger partial charge in [0.25, 0.3) is 5.91 Å². The smallest absolute Gasteiger partial charge is 0.252 e. The lowest BCUT2D eigenvalue weighted by atomic mass is 9.95. The van der Waals surface area contributed by atoms with Gasteiger partial charge in [0.05, 0.1) is 14.0 Å². The van der Waals surface area contributed by atoms with E-state index in [1.807, 2.05) is 11.4 Å². The zero-order valence-corrected chi connectivity index (χ0v) is 10.7. The summed E-state index contributed by atoms with van der Waals surface area (Å²) in [7, 11) is 0. The quantitative estimate of drug-likeness (QED) is 0.809. The normalized spacial score (nSPS) is 18.7. The molecule has 0 unspecified atom stereocenters. The highest BCUT2D eigenvalue weighted by atomic mass is 127. The number of rotatable bonds is 2. The van der Waals surface area contributed by atoms with Crippen molar-refractivity contribution >= 4 is 39.8 Å². The molecule has 1 aliphatic heterocycles. The molecule has 1 aliphatic rings. The number of thiophene rings is 1. The van der Waals surface area contributed by atoms with Crippen LogP contribution in [0.1, 0.15) is 17.3 Å². The molecule has 1 aromatic heterocycles. The van der Waals surface area contributed by atoms with Gasteiger partial charge in [-0.25, -0.2) is 0 Å². The maximum absolute atomic E-state index is 11.7. The van der Waals surface area contributed by atoms with E-state index in [4.69, 9.17) is 0 Å². The summed E-state index contributed by atoms with van der Waals surface area (Å²) < 4.78 is 1.14. The second kappa shape index (κ2) is 3.79. The number of halogens is 1. The summed E-state index contributed by atoms with van der Waals surface area (Å²) in [6.45, 7) is 3.78. The van der Waals surface area contributed by atoms with Crippen molar-refractivity contribution in [3.05, 3.63) is 19.9 Å². The Morgan fingerprint density at radius 2 is 2.43 bits per heavy atom. The van der Waals surface area contributed by atoms with Crippen molar-refractivity contribution in [1.82, 2.24) is 10.6 Å². The van der Waals surface area contributed by atoms with E-state index in [-0.39, 0.29) is 11.4 Å². The molecule has 2 rings (SSSR count). The molecule has 0 atom stereocenters. The van der Waals surface area contributed by atoms with Gasteiger partial charge in [-0.3, -0.25) is 4.79 Å². The monoisotopic (exact) mass is 322 g/mol. The van der Waals surface area contributed by atoms with Crippen molar-refractivity contribution in [2.24, 2.45) is 0 Å². The van der Waals surface area contributed by atoms with Gasteiger partial charge < -0.3 is 10.6 Å². The lowest BCUT2D eigenvalue weighted by Crippen LogP contribution is -2.67. The lowest BCUT2D eigenvalue weighted by molar-refractivity contribution is 0.0872. The Labute approximate surface area is 100 Å². The first kappa shape index (κ1) is 10.4. The highest BCUT2D eigenvalue weighted by Crippen LogP contribution is 2.18. The summed E-state index contributed by atoms with van der Waals surface area (Å²) in [6.07, 6.45) is 0. The lowest BCUT2D eigenvalue weighted by Gasteiger charge is -2.39. The molecule has 14 heavy (non-hydrogen) atoms. The molecular weight excluding hydrogens is 311 g/mol. The molecule has 0 aliphatic carbocycles. The fourth-order valence-electron chi connectivity index (χ4n) is 1.36. The van der Waals surface area contributed by atoms with Crippen LogP contribution in [0.2, 0.25) is 0 Å². The van der Waals surface area contributed by atoms with Crippen LogP contribution in [0.4, 0.5) is 0 Å². The molecule has 76 valence electrons. The zero-order valence-electron chi connectivity index (χ0n) is 7.76. The maximum atomic E-state index is 11.7. The van der Waals surface area contributed by atoms with Gasteiger partial charge in [-0.1, -0.05) is 0 Å². The van der Waals surface area contributed by atoms with Gasteiger partial charge >= 0.3 is 0 Å². The summed E-state index contributed by atoms with van der Waals surface area (Å²) in [4.78, 5) is 11.7. The van der Waals surface area contributed by atoms with E-state index < -0.39 is 0 Å². The minimum atomic E-state index is -0.0511. The maximum Gasteiger partial charge on any atom is 0.252 e. The summed E-state index contributed by atoms with van der Waals surface area (Å²) in [5.41, 5.74) is 0.720. The molecule has 2 N–H and O–H groups in total. The second-order valence-electron chi connectivity index (χ2n) is 3.76. The summed E-state index contributed by atoms with van der Waals surface area (Å²) in [5.74, 6) is 0.0353. The Hall–Kier alpha value is -0.140. The number of hydrogen-bond acceptors (Lipinski definition) is 3. The predicted molar refractivity (Wildman–Crippen MR) is 65.8 cm³/mol. The highest BCUT2D eigenvalue weighted by Gasteiger charge is 2.33. The van der Waals surface area contributed by atoms with Crippen LogP contribution in [0.15, 0.2) is 11.4 Å². The molecule has 2 heterocycles. The molecule has 1 saturated heterocycles. The fourth-order valence-corrected chi connectivity index (χ4v) is 2.69. The predicted octanol–water partition coefficient (Wildman–Crippen LogP) is 1.44. The van der Waals surface area contributed by atoms with Gasteiger partial charge in [0, 0.05) is 18.5 Å². The Kier molecular flexibility index (Phi) is 2.81. The topological polar surface area (TPSA) is 41.1 Å². The molecule has 1 amide bonds.